The Morgan fingerprint density at radius 3 is 2.82 bits per heavy atom. The van der Waals surface area contributed by atoms with E-state index in [-0.39, 0.29) is 11.7 Å². The van der Waals surface area contributed by atoms with E-state index < -0.39 is 0 Å². The molecule has 1 unspecified atom stereocenters. The quantitative estimate of drug-likeness (QED) is 0.355. The van der Waals surface area contributed by atoms with Crippen LogP contribution in [0.5, 0.6) is 5.75 Å². The van der Waals surface area contributed by atoms with Crippen molar-refractivity contribution < 1.29 is 4.74 Å². The van der Waals surface area contributed by atoms with Crippen LogP contribution in [-0.4, -0.2) is 72.9 Å². The minimum Gasteiger partial charge on any atom is -0.493 e. The summed E-state index contributed by atoms with van der Waals surface area (Å²) in [5, 5.41) is 3.38. The van der Waals surface area contributed by atoms with E-state index in [2.05, 4.69) is 25.0 Å². The highest BCUT2D eigenvalue weighted by atomic mass is 16.5. The van der Waals surface area contributed by atoms with Crippen LogP contribution in [-0.2, 0) is 6.54 Å². The first kappa shape index (κ1) is 23.6. The zero-order valence-electron chi connectivity index (χ0n) is 21.3. The van der Waals surface area contributed by atoms with Gasteiger partial charge in [-0.15, -0.1) is 0 Å². The summed E-state index contributed by atoms with van der Waals surface area (Å²) in [4.78, 5) is 34.1. The minimum atomic E-state index is -0.207. The van der Waals surface area contributed by atoms with Gasteiger partial charge in [0.05, 0.1) is 36.5 Å². The lowest BCUT2D eigenvalue weighted by Crippen LogP contribution is -2.45. The maximum atomic E-state index is 14.1. The molecule has 0 aliphatic carbocycles. The fourth-order valence-electron chi connectivity index (χ4n) is 5.65. The van der Waals surface area contributed by atoms with Gasteiger partial charge in [-0.3, -0.25) is 18.6 Å². The van der Waals surface area contributed by atoms with Gasteiger partial charge in [-0.25, -0.2) is 19.6 Å². The number of benzene rings is 2. The molecule has 3 aromatic heterocycles. The van der Waals surface area contributed by atoms with Crippen LogP contribution in [0.3, 0.4) is 0 Å². The van der Waals surface area contributed by atoms with E-state index in [1.807, 2.05) is 39.5 Å². The van der Waals surface area contributed by atoms with Gasteiger partial charge in [-0.05, 0) is 18.2 Å². The van der Waals surface area contributed by atoms with E-state index in [0.29, 0.717) is 42.4 Å². The zero-order chi connectivity index (χ0) is 26.3. The first-order chi connectivity index (χ1) is 19.2. The molecule has 0 amide bonds. The maximum Gasteiger partial charge on any atom is 0.330 e. The highest BCUT2D eigenvalue weighted by Crippen LogP contribution is 2.35. The van der Waals surface area contributed by atoms with Crippen LogP contribution in [0.15, 0.2) is 59.8 Å². The lowest BCUT2D eigenvalue weighted by Gasteiger charge is -2.27. The van der Waals surface area contributed by atoms with Gasteiger partial charge in [-0.1, -0.05) is 24.3 Å². The molecular formula is C28H27N9O2. The van der Waals surface area contributed by atoms with E-state index in [1.165, 1.54) is 0 Å². The van der Waals surface area contributed by atoms with Crippen molar-refractivity contribution in [3.8, 4) is 11.7 Å². The second-order valence-electron chi connectivity index (χ2n) is 9.86. The maximum absolute atomic E-state index is 14.1. The van der Waals surface area contributed by atoms with Gasteiger partial charge in [-0.2, -0.15) is 4.98 Å². The molecule has 0 spiro atoms. The molecule has 39 heavy (non-hydrogen) atoms. The standard InChI is InChI=1S/C28H27N9O2/c1-29-19-6-7-21-23(16-19)36(18-32-21)27-31-17-24-26(33-27)37(22-8-15-39-25-5-3-2-4-20(22)25)28(38)35(24)14-13-34-11-9-30-10-12-34/h2-7,16-18,22,30H,8-15H2. The molecule has 1 atom stereocenters. The second-order valence-corrected chi connectivity index (χ2v) is 9.86. The third kappa shape index (κ3) is 4.05. The average Bonchev–Trinajstić information content (AvgIpc) is 3.53. The molecule has 0 bridgehead atoms. The van der Waals surface area contributed by atoms with Gasteiger partial charge in [0, 0.05) is 51.3 Å². The lowest BCUT2D eigenvalue weighted by molar-refractivity contribution is 0.231. The van der Waals surface area contributed by atoms with Crippen LogP contribution in [0.25, 0.3) is 33.0 Å². The molecule has 11 heteroatoms. The Hall–Kier alpha value is -4.53. The molecule has 5 aromatic rings. The van der Waals surface area contributed by atoms with Crippen molar-refractivity contribution in [2.75, 3.05) is 39.3 Å². The summed E-state index contributed by atoms with van der Waals surface area (Å²) in [7, 11) is 0. The largest absolute Gasteiger partial charge is 0.493 e. The van der Waals surface area contributed by atoms with Gasteiger partial charge in [0.2, 0.25) is 5.95 Å². The summed E-state index contributed by atoms with van der Waals surface area (Å²) in [6.45, 7) is 13.1. The van der Waals surface area contributed by atoms with Gasteiger partial charge >= 0.3 is 5.69 Å². The average molecular weight is 522 g/mol. The van der Waals surface area contributed by atoms with Crippen LogP contribution < -0.4 is 15.7 Å². The zero-order valence-corrected chi connectivity index (χ0v) is 21.3. The van der Waals surface area contributed by atoms with Gasteiger partial charge in [0.25, 0.3) is 0 Å². The Morgan fingerprint density at radius 1 is 1.08 bits per heavy atom. The Kier molecular flexibility index (Phi) is 5.83. The van der Waals surface area contributed by atoms with Crippen molar-refractivity contribution in [2.24, 2.45) is 0 Å². The predicted molar refractivity (Wildman–Crippen MR) is 147 cm³/mol. The molecule has 2 aliphatic rings. The van der Waals surface area contributed by atoms with E-state index in [1.54, 1.807) is 29.2 Å². The van der Waals surface area contributed by atoms with Crippen LogP contribution in [0.1, 0.15) is 18.0 Å². The molecule has 1 saturated heterocycles. The van der Waals surface area contributed by atoms with Crippen molar-refractivity contribution in [3.63, 3.8) is 0 Å². The highest BCUT2D eigenvalue weighted by molar-refractivity contribution is 5.81. The van der Waals surface area contributed by atoms with Gasteiger partial charge in [0.15, 0.2) is 11.3 Å². The molecule has 0 radical (unpaired) electrons. The fourth-order valence-corrected chi connectivity index (χ4v) is 5.65. The number of imidazole rings is 2. The predicted octanol–water partition coefficient (Wildman–Crippen LogP) is 2.76. The third-order valence-corrected chi connectivity index (χ3v) is 7.66. The van der Waals surface area contributed by atoms with Crippen LogP contribution >= 0.6 is 0 Å². The number of hydrogen-bond donors (Lipinski definition) is 1. The molecule has 2 aromatic carbocycles. The number of aromatic nitrogens is 6. The molecule has 2 aliphatic heterocycles. The number of fused-ring (bicyclic) bond motifs is 3. The monoisotopic (exact) mass is 521 g/mol. The number of hydrogen-bond acceptors (Lipinski definition) is 7. The molecule has 1 N–H and O–H groups in total. The Bertz CT molecular complexity index is 1790. The number of ether oxygens (including phenoxy) is 1. The van der Waals surface area contributed by atoms with Crippen LogP contribution in [0, 0.1) is 6.57 Å². The summed E-state index contributed by atoms with van der Waals surface area (Å²) >= 11 is 0. The smallest absolute Gasteiger partial charge is 0.330 e. The van der Waals surface area contributed by atoms with Gasteiger partial charge < -0.3 is 10.1 Å². The number of nitrogens with one attached hydrogen (secondary N) is 1. The number of rotatable bonds is 5. The first-order valence-electron chi connectivity index (χ1n) is 13.2. The summed E-state index contributed by atoms with van der Waals surface area (Å²) < 4.78 is 11.3. The van der Waals surface area contributed by atoms with E-state index in [9.17, 15) is 4.79 Å². The Balaban J connectivity index is 1.39. The second kappa shape index (κ2) is 9.65. The summed E-state index contributed by atoms with van der Waals surface area (Å²) in [5.41, 5.74) is 4.16. The SMILES string of the molecule is [C-]#[N+]c1ccc2ncn(-c3ncc4c(n3)n(C3CCOc5ccccc53)c(=O)n4CCN3CCNCC3)c2c1. The third-order valence-electron chi connectivity index (χ3n) is 7.66. The minimum absolute atomic E-state index is 0.0981. The molecule has 1 fully saturated rings. The van der Waals surface area contributed by atoms with Crippen molar-refractivity contribution >= 4 is 27.9 Å². The Labute approximate surface area is 224 Å². The van der Waals surface area contributed by atoms with Crippen molar-refractivity contribution in [1.29, 1.82) is 0 Å². The van der Waals surface area contributed by atoms with Crippen LogP contribution in [0.4, 0.5) is 5.69 Å². The number of piperazine rings is 1. The summed E-state index contributed by atoms with van der Waals surface area (Å²) in [5.74, 6) is 1.20. The molecule has 0 saturated carbocycles. The normalized spacial score (nSPS) is 17.7. The molecule has 7 rings (SSSR count). The van der Waals surface area contributed by atoms with E-state index in [0.717, 1.165) is 55.1 Å². The number of para-hydroxylation sites is 1. The highest BCUT2D eigenvalue weighted by Gasteiger charge is 2.29. The Morgan fingerprint density at radius 2 is 1.95 bits per heavy atom. The van der Waals surface area contributed by atoms with E-state index in [4.69, 9.17) is 16.3 Å². The molecule has 196 valence electrons. The number of nitrogens with zero attached hydrogens (tertiary/aromatic N) is 8. The van der Waals surface area contributed by atoms with Gasteiger partial charge in [0.1, 0.15) is 17.6 Å². The van der Waals surface area contributed by atoms with Crippen molar-refractivity contribution in [2.45, 2.75) is 19.0 Å². The summed E-state index contributed by atoms with van der Waals surface area (Å²) in [6, 6.07) is 13.0. The first-order valence-corrected chi connectivity index (χ1v) is 13.2. The summed E-state index contributed by atoms with van der Waals surface area (Å²) in [6.07, 6.45) is 4.06. The van der Waals surface area contributed by atoms with Crippen LogP contribution in [0.2, 0.25) is 0 Å². The lowest BCUT2D eigenvalue weighted by atomic mass is 10.0. The van der Waals surface area contributed by atoms with Crippen molar-refractivity contribution in [3.05, 3.63) is 82.5 Å². The fraction of sp³-hybridized carbons (Fsp3) is 0.321. The molecular weight excluding hydrogens is 494 g/mol. The van der Waals surface area contributed by atoms with Crippen molar-refractivity contribution in [1.82, 2.24) is 38.9 Å². The molecule has 5 heterocycles. The topological polar surface area (TPSA) is 99.4 Å². The van der Waals surface area contributed by atoms with E-state index >= 15 is 0 Å². The molecule has 11 nitrogen and oxygen atoms in total.